The fourth-order valence-electron chi connectivity index (χ4n) is 13.9. The van der Waals surface area contributed by atoms with Crippen molar-refractivity contribution in [2.75, 3.05) is 9.80 Å². The van der Waals surface area contributed by atoms with E-state index in [2.05, 4.69) is 374 Å². The number of anilines is 6. The van der Waals surface area contributed by atoms with Gasteiger partial charge in [0.05, 0.1) is 5.69 Å². The van der Waals surface area contributed by atoms with Crippen LogP contribution in [0.1, 0.15) is 0 Å². The van der Waals surface area contributed by atoms with Gasteiger partial charge in [0.1, 0.15) is 0 Å². The Morgan fingerprint density at radius 2 is 0.548 bits per heavy atom. The Kier molecular flexibility index (Phi) is 14.1. The molecule has 0 atom stereocenters. The maximum atomic E-state index is 2.43. The summed E-state index contributed by atoms with van der Waals surface area (Å²) in [5.74, 6) is 0. The van der Waals surface area contributed by atoms with Gasteiger partial charge in [-0.25, -0.2) is 0 Å². The lowest BCUT2D eigenvalue weighted by molar-refractivity contribution is 1.27. The van der Waals surface area contributed by atoms with Gasteiger partial charge in [-0.1, -0.05) is 291 Å². The van der Waals surface area contributed by atoms with Crippen molar-refractivity contribution in [2.24, 2.45) is 0 Å². The van der Waals surface area contributed by atoms with Crippen LogP contribution in [0.3, 0.4) is 0 Å². The lowest BCUT2D eigenvalue weighted by Crippen LogP contribution is -2.12. The molecule has 0 unspecified atom stereocenters. The minimum Gasteiger partial charge on any atom is -0.310 e. The highest BCUT2D eigenvalue weighted by atomic mass is 32.1. The van der Waals surface area contributed by atoms with Gasteiger partial charge in [0.25, 0.3) is 0 Å². The molecule has 0 aliphatic carbocycles. The number of nitrogens with zero attached hydrogens (tertiary/aromatic N) is 2. The second-order valence-corrected chi connectivity index (χ2v) is 24.9. The summed E-state index contributed by atoms with van der Waals surface area (Å²) in [6.45, 7) is 0. The van der Waals surface area contributed by atoms with Gasteiger partial charge in [0, 0.05) is 54.2 Å². The number of benzene rings is 16. The first-order valence-electron chi connectivity index (χ1n) is 31.9. The number of hydrogen-bond donors (Lipinski definition) is 0. The van der Waals surface area contributed by atoms with E-state index in [0.29, 0.717) is 0 Å². The second kappa shape index (κ2) is 23.8. The molecule has 17 rings (SSSR count). The van der Waals surface area contributed by atoms with E-state index in [0.717, 1.165) is 50.8 Å². The summed E-state index contributed by atoms with van der Waals surface area (Å²) in [5.41, 5.74) is 23.0. The molecular weight excluding hydrogens is 1140 g/mol. The Labute approximate surface area is 546 Å². The van der Waals surface area contributed by atoms with Gasteiger partial charge >= 0.3 is 0 Å². The Morgan fingerprint density at radius 1 is 0.172 bits per heavy atom. The van der Waals surface area contributed by atoms with E-state index in [9.17, 15) is 0 Å². The van der Waals surface area contributed by atoms with Gasteiger partial charge in [-0.2, -0.15) is 0 Å². The molecule has 0 radical (unpaired) electrons. The summed E-state index contributed by atoms with van der Waals surface area (Å²) < 4.78 is 2.61. The maximum Gasteiger partial charge on any atom is 0.0540 e. The monoisotopic (exact) mass is 1200 g/mol. The van der Waals surface area contributed by atoms with Crippen LogP contribution in [-0.2, 0) is 0 Å². The SMILES string of the molecule is c1ccc(-c2ccc(-c3ccc(N(c4ccc(-c5cccc6ccccc56)cc4)c4ccccc4-c4cccc(N(c5ccc(-c6ccc7ccccc7c6)cc5)c5ccc(-c6cccc7c6sc6c(-c8ccccc8)cccc67)cc5)c4)cc3)c3ccccc23)cc1. The molecule has 3 heteroatoms. The zero-order valence-corrected chi connectivity index (χ0v) is 51.8. The van der Waals surface area contributed by atoms with Crippen LogP contribution in [0.25, 0.3) is 130 Å². The third-order valence-corrected chi connectivity index (χ3v) is 19.8. The second-order valence-electron chi connectivity index (χ2n) is 23.9. The molecule has 0 bridgehead atoms. The molecule has 436 valence electrons. The van der Waals surface area contributed by atoms with Crippen LogP contribution in [0.15, 0.2) is 364 Å². The number of para-hydroxylation sites is 1. The first kappa shape index (κ1) is 55.2. The Bertz CT molecular complexity index is 5590. The Morgan fingerprint density at radius 3 is 1.15 bits per heavy atom. The first-order chi connectivity index (χ1) is 46.1. The molecule has 0 aliphatic heterocycles. The van der Waals surface area contributed by atoms with E-state index < -0.39 is 0 Å². The number of hydrogen-bond acceptors (Lipinski definition) is 3. The summed E-state index contributed by atoms with van der Waals surface area (Å²) in [6.07, 6.45) is 0. The molecule has 17 aromatic rings. The van der Waals surface area contributed by atoms with Crippen molar-refractivity contribution >= 4 is 98.0 Å². The van der Waals surface area contributed by atoms with Crippen molar-refractivity contribution in [1.82, 2.24) is 0 Å². The average Bonchev–Trinajstić information content (AvgIpc) is 1.74. The molecule has 0 saturated carbocycles. The minimum atomic E-state index is 1.05. The van der Waals surface area contributed by atoms with Gasteiger partial charge in [-0.05, 0) is 177 Å². The first-order valence-corrected chi connectivity index (χ1v) is 32.7. The lowest BCUT2D eigenvalue weighted by Gasteiger charge is -2.29. The van der Waals surface area contributed by atoms with Crippen LogP contribution in [0, 0.1) is 0 Å². The summed E-state index contributed by atoms with van der Waals surface area (Å²) in [4.78, 5) is 4.84. The van der Waals surface area contributed by atoms with Gasteiger partial charge in [0.15, 0.2) is 0 Å². The Balaban J connectivity index is 0.777. The van der Waals surface area contributed by atoms with Crippen molar-refractivity contribution in [3.8, 4) is 77.9 Å². The summed E-state index contributed by atoms with van der Waals surface area (Å²) in [6, 6.07) is 133. The molecule has 0 aliphatic rings. The molecule has 93 heavy (non-hydrogen) atoms. The van der Waals surface area contributed by atoms with Crippen LogP contribution in [-0.4, -0.2) is 0 Å². The van der Waals surface area contributed by atoms with Gasteiger partial charge < -0.3 is 9.80 Å². The number of thiophene rings is 1. The molecule has 16 aromatic carbocycles. The van der Waals surface area contributed by atoms with Gasteiger partial charge in [-0.3, -0.25) is 0 Å². The highest BCUT2D eigenvalue weighted by Crippen LogP contribution is 2.48. The molecule has 0 spiro atoms. The summed E-state index contributed by atoms with van der Waals surface area (Å²) >= 11 is 1.89. The normalized spacial score (nSPS) is 11.4. The van der Waals surface area contributed by atoms with Gasteiger partial charge in [0.2, 0.25) is 0 Å². The van der Waals surface area contributed by atoms with Crippen molar-refractivity contribution in [3.63, 3.8) is 0 Å². The average molecular weight is 1200 g/mol. The summed E-state index contributed by atoms with van der Waals surface area (Å²) in [7, 11) is 0. The van der Waals surface area contributed by atoms with Gasteiger partial charge in [-0.15, -0.1) is 11.3 Å². The Hall–Kier alpha value is -11.9. The van der Waals surface area contributed by atoms with E-state index in [1.165, 1.54) is 114 Å². The predicted octanol–water partition coefficient (Wildman–Crippen LogP) is 26.1. The van der Waals surface area contributed by atoms with Crippen LogP contribution in [0.2, 0.25) is 0 Å². The quantitative estimate of drug-likeness (QED) is 0.114. The molecular formula is C90H60N2S. The van der Waals surface area contributed by atoms with E-state index in [1.54, 1.807) is 0 Å². The van der Waals surface area contributed by atoms with E-state index in [-0.39, 0.29) is 0 Å². The van der Waals surface area contributed by atoms with E-state index in [1.807, 2.05) is 11.3 Å². The lowest BCUT2D eigenvalue weighted by atomic mass is 9.92. The van der Waals surface area contributed by atoms with E-state index >= 15 is 0 Å². The van der Waals surface area contributed by atoms with Crippen molar-refractivity contribution < 1.29 is 0 Å². The highest BCUT2D eigenvalue weighted by molar-refractivity contribution is 7.26. The molecule has 0 N–H and O–H groups in total. The predicted molar refractivity (Wildman–Crippen MR) is 399 cm³/mol. The third-order valence-electron chi connectivity index (χ3n) is 18.5. The highest BCUT2D eigenvalue weighted by Gasteiger charge is 2.22. The molecule has 0 saturated heterocycles. The molecule has 0 amide bonds. The summed E-state index contributed by atoms with van der Waals surface area (Å²) in [5, 5.41) is 9.98. The number of rotatable bonds is 13. The molecule has 0 fully saturated rings. The fourth-order valence-corrected chi connectivity index (χ4v) is 15.3. The number of fused-ring (bicyclic) bond motifs is 6. The minimum absolute atomic E-state index is 1.05. The zero-order chi connectivity index (χ0) is 61.6. The van der Waals surface area contributed by atoms with Crippen LogP contribution < -0.4 is 9.80 Å². The topological polar surface area (TPSA) is 6.48 Å². The molecule has 2 nitrogen and oxygen atoms in total. The maximum absolute atomic E-state index is 2.43. The van der Waals surface area contributed by atoms with Crippen LogP contribution in [0.4, 0.5) is 34.1 Å². The van der Waals surface area contributed by atoms with Crippen LogP contribution in [0.5, 0.6) is 0 Å². The van der Waals surface area contributed by atoms with Crippen LogP contribution >= 0.6 is 11.3 Å². The molecule has 1 aromatic heterocycles. The molecule has 1 heterocycles. The van der Waals surface area contributed by atoms with Crippen molar-refractivity contribution in [1.29, 1.82) is 0 Å². The fraction of sp³-hybridized carbons (Fsp3) is 0. The standard InChI is InChI=1S/C90H60N2S/c1-3-20-63(21-4-1)79-57-58-80(85-32-12-11-31-84(79)85)67-45-55-75(56-46-67)92(74-53-43-66(44-54-74)78-33-16-26-64-24-9-10-29-77(64)78)88-38-14-13-30-81(88)71-27-15-28-76(60-71)91(72-49-41-62(42-50-72)70-40-39-61-19-7-8-25-69(61)59-70)73-51-47-68(48-52-73)83-35-18-37-87-86-36-17-34-82(89(86)93-90(83)87)65-22-5-2-6-23-65/h1-60H. The zero-order valence-electron chi connectivity index (χ0n) is 50.9. The van der Waals surface area contributed by atoms with Crippen molar-refractivity contribution in [3.05, 3.63) is 364 Å². The van der Waals surface area contributed by atoms with E-state index in [4.69, 9.17) is 0 Å². The van der Waals surface area contributed by atoms with Crippen molar-refractivity contribution in [2.45, 2.75) is 0 Å². The smallest absolute Gasteiger partial charge is 0.0540 e. The largest absolute Gasteiger partial charge is 0.310 e. The third kappa shape index (κ3) is 10.3.